The number of hydrogen-bond donors (Lipinski definition) is 1. The highest BCUT2D eigenvalue weighted by molar-refractivity contribution is 7.89. The SMILES string of the molecule is CCN(CC)C(=O)c1ccc(OC)c(S(=O)(=O)NCCc2ccccc2)c1. The van der Waals surface area contributed by atoms with Crippen LogP contribution in [-0.2, 0) is 16.4 Å². The highest BCUT2D eigenvalue weighted by Crippen LogP contribution is 2.25. The molecule has 0 aromatic heterocycles. The predicted octanol–water partition coefficient (Wildman–Crippen LogP) is 2.70. The molecule has 0 unspecified atom stereocenters. The van der Waals surface area contributed by atoms with Crippen molar-refractivity contribution < 1.29 is 17.9 Å². The number of methoxy groups -OCH3 is 1. The van der Waals surface area contributed by atoms with Crippen molar-refractivity contribution in [2.45, 2.75) is 25.2 Å². The number of hydrogen-bond acceptors (Lipinski definition) is 4. The third kappa shape index (κ3) is 5.30. The van der Waals surface area contributed by atoms with Crippen molar-refractivity contribution >= 4 is 15.9 Å². The van der Waals surface area contributed by atoms with Crippen molar-refractivity contribution in [3.63, 3.8) is 0 Å². The highest BCUT2D eigenvalue weighted by Gasteiger charge is 2.22. The van der Waals surface area contributed by atoms with E-state index in [1.807, 2.05) is 44.2 Å². The zero-order valence-electron chi connectivity index (χ0n) is 15.9. The molecule has 2 rings (SSSR count). The number of carbonyl (C=O) groups excluding carboxylic acids is 1. The minimum absolute atomic E-state index is 0.0314. The van der Waals surface area contributed by atoms with E-state index in [1.54, 1.807) is 11.0 Å². The van der Waals surface area contributed by atoms with Gasteiger partial charge in [-0.25, -0.2) is 13.1 Å². The first-order valence-corrected chi connectivity index (χ1v) is 10.4. The number of rotatable bonds is 9. The van der Waals surface area contributed by atoms with Crippen molar-refractivity contribution in [1.82, 2.24) is 9.62 Å². The normalized spacial score (nSPS) is 11.2. The predicted molar refractivity (Wildman–Crippen MR) is 106 cm³/mol. The van der Waals surface area contributed by atoms with E-state index in [9.17, 15) is 13.2 Å². The van der Waals surface area contributed by atoms with Gasteiger partial charge in [0.2, 0.25) is 10.0 Å². The van der Waals surface area contributed by atoms with Crippen molar-refractivity contribution in [3.8, 4) is 5.75 Å². The van der Waals surface area contributed by atoms with Gasteiger partial charge in [0.05, 0.1) is 7.11 Å². The molecule has 0 saturated heterocycles. The highest BCUT2D eigenvalue weighted by atomic mass is 32.2. The van der Waals surface area contributed by atoms with Crippen molar-refractivity contribution in [3.05, 3.63) is 59.7 Å². The van der Waals surface area contributed by atoms with Crippen LogP contribution >= 0.6 is 0 Å². The molecule has 2 aromatic rings. The summed E-state index contributed by atoms with van der Waals surface area (Å²) < 4.78 is 33.3. The molecule has 0 spiro atoms. The summed E-state index contributed by atoms with van der Waals surface area (Å²) in [5, 5.41) is 0. The fourth-order valence-corrected chi connectivity index (χ4v) is 3.99. The zero-order chi connectivity index (χ0) is 19.9. The Labute approximate surface area is 161 Å². The van der Waals surface area contributed by atoms with E-state index in [-0.39, 0.29) is 23.1 Å². The minimum Gasteiger partial charge on any atom is -0.495 e. The molecule has 0 bridgehead atoms. The second kappa shape index (κ2) is 9.53. The van der Waals surface area contributed by atoms with Crippen LogP contribution in [0.15, 0.2) is 53.4 Å². The first-order chi connectivity index (χ1) is 12.9. The van der Waals surface area contributed by atoms with E-state index in [4.69, 9.17) is 4.74 Å². The van der Waals surface area contributed by atoms with Gasteiger partial charge in [0.25, 0.3) is 5.91 Å². The third-order valence-electron chi connectivity index (χ3n) is 4.30. The molecule has 0 aliphatic carbocycles. The molecule has 0 aliphatic heterocycles. The maximum atomic E-state index is 12.8. The van der Waals surface area contributed by atoms with Crippen LogP contribution < -0.4 is 9.46 Å². The molecular weight excluding hydrogens is 364 g/mol. The van der Waals surface area contributed by atoms with Crippen molar-refractivity contribution in [2.75, 3.05) is 26.7 Å². The fraction of sp³-hybridized carbons (Fsp3) is 0.350. The van der Waals surface area contributed by atoms with E-state index < -0.39 is 10.0 Å². The van der Waals surface area contributed by atoms with Crippen molar-refractivity contribution in [1.29, 1.82) is 0 Å². The summed E-state index contributed by atoms with van der Waals surface area (Å²) >= 11 is 0. The molecule has 1 N–H and O–H groups in total. The zero-order valence-corrected chi connectivity index (χ0v) is 16.8. The van der Waals surface area contributed by atoms with E-state index >= 15 is 0 Å². The number of nitrogens with zero attached hydrogens (tertiary/aromatic N) is 1. The smallest absolute Gasteiger partial charge is 0.253 e. The molecular formula is C20H26N2O4S. The van der Waals surface area contributed by atoms with Crippen LogP contribution in [-0.4, -0.2) is 46.0 Å². The van der Waals surface area contributed by atoms with Crippen LogP contribution in [0.3, 0.4) is 0 Å². The Hall–Kier alpha value is -2.38. The Balaban J connectivity index is 2.23. The lowest BCUT2D eigenvalue weighted by atomic mass is 10.2. The Kier molecular flexibility index (Phi) is 7.38. The summed E-state index contributed by atoms with van der Waals surface area (Å²) in [5.74, 6) is 0.00157. The largest absolute Gasteiger partial charge is 0.495 e. The van der Waals surface area contributed by atoms with Gasteiger partial charge in [0.1, 0.15) is 10.6 Å². The fourth-order valence-electron chi connectivity index (χ4n) is 2.77. The number of nitrogens with one attached hydrogen (secondary N) is 1. The molecule has 146 valence electrons. The van der Waals surface area contributed by atoms with Crippen LogP contribution in [0.5, 0.6) is 5.75 Å². The van der Waals surface area contributed by atoms with Gasteiger partial charge in [-0.2, -0.15) is 0 Å². The summed E-state index contributed by atoms with van der Waals surface area (Å²) in [6, 6.07) is 14.1. The van der Waals surface area contributed by atoms with Crippen LogP contribution in [0.4, 0.5) is 0 Å². The van der Waals surface area contributed by atoms with Gasteiger partial charge in [-0.15, -0.1) is 0 Å². The monoisotopic (exact) mass is 390 g/mol. The lowest BCUT2D eigenvalue weighted by molar-refractivity contribution is 0.0772. The lowest BCUT2D eigenvalue weighted by Gasteiger charge is -2.19. The minimum atomic E-state index is -3.81. The number of ether oxygens (including phenoxy) is 1. The molecule has 27 heavy (non-hydrogen) atoms. The van der Waals surface area contributed by atoms with E-state index in [2.05, 4.69) is 4.72 Å². The Bertz CT molecular complexity index is 863. The molecule has 7 heteroatoms. The van der Waals surface area contributed by atoms with Crippen LogP contribution in [0.1, 0.15) is 29.8 Å². The van der Waals surface area contributed by atoms with Crippen LogP contribution in [0, 0.1) is 0 Å². The number of carbonyl (C=O) groups is 1. The van der Waals surface area contributed by atoms with Gasteiger partial charge in [0.15, 0.2) is 0 Å². The van der Waals surface area contributed by atoms with Gasteiger partial charge in [0, 0.05) is 25.2 Å². The van der Waals surface area contributed by atoms with E-state index in [1.165, 1.54) is 19.2 Å². The van der Waals surface area contributed by atoms with E-state index in [0.717, 1.165) is 5.56 Å². The number of sulfonamides is 1. The topological polar surface area (TPSA) is 75.7 Å². The molecule has 0 heterocycles. The lowest BCUT2D eigenvalue weighted by Crippen LogP contribution is -2.31. The molecule has 0 aliphatic rings. The molecule has 0 atom stereocenters. The van der Waals surface area contributed by atoms with Gasteiger partial charge in [-0.3, -0.25) is 4.79 Å². The molecule has 1 amide bonds. The summed E-state index contributed by atoms with van der Waals surface area (Å²) in [7, 11) is -2.41. The first-order valence-electron chi connectivity index (χ1n) is 8.93. The quantitative estimate of drug-likeness (QED) is 0.714. The number of benzene rings is 2. The second-order valence-corrected chi connectivity index (χ2v) is 7.71. The number of amides is 1. The average Bonchev–Trinajstić information content (AvgIpc) is 2.69. The molecule has 0 saturated carbocycles. The Morgan fingerprint density at radius 1 is 1.07 bits per heavy atom. The van der Waals surface area contributed by atoms with Crippen LogP contribution in [0.25, 0.3) is 0 Å². The Morgan fingerprint density at radius 2 is 1.74 bits per heavy atom. The molecule has 0 radical (unpaired) electrons. The summed E-state index contributed by atoms with van der Waals surface area (Å²) in [6.45, 7) is 5.13. The standard InChI is InChI=1S/C20H26N2O4S/c1-4-22(5-2)20(23)17-11-12-18(26-3)19(15-17)27(24,25)21-14-13-16-9-7-6-8-10-16/h6-12,15,21H,4-5,13-14H2,1-3H3. The average molecular weight is 391 g/mol. The molecule has 6 nitrogen and oxygen atoms in total. The maximum absolute atomic E-state index is 12.8. The third-order valence-corrected chi connectivity index (χ3v) is 5.78. The summed E-state index contributed by atoms with van der Waals surface area (Å²) in [6.07, 6.45) is 0.570. The van der Waals surface area contributed by atoms with Crippen LogP contribution in [0.2, 0.25) is 0 Å². The van der Waals surface area contributed by atoms with Gasteiger partial charge in [-0.1, -0.05) is 30.3 Å². The molecule has 2 aromatic carbocycles. The summed E-state index contributed by atoms with van der Waals surface area (Å²) in [4.78, 5) is 14.2. The van der Waals surface area contributed by atoms with Crippen molar-refractivity contribution in [2.24, 2.45) is 0 Å². The van der Waals surface area contributed by atoms with Gasteiger partial charge < -0.3 is 9.64 Å². The van der Waals surface area contributed by atoms with E-state index in [0.29, 0.717) is 25.1 Å². The Morgan fingerprint density at radius 3 is 2.33 bits per heavy atom. The first kappa shape index (κ1) is 20.9. The second-order valence-electron chi connectivity index (χ2n) is 5.98. The summed E-state index contributed by atoms with van der Waals surface area (Å²) in [5.41, 5.74) is 1.36. The van der Waals surface area contributed by atoms with Gasteiger partial charge in [-0.05, 0) is 44.0 Å². The van der Waals surface area contributed by atoms with Gasteiger partial charge >= 0.3 is 0 Å². The maximum Gasteiger partial charge on any atom is 0.253 e. The molecule has 0 fully saturated rings.